The predicted molar refractivity (Wildman–Crippen MR) is 125 cm³/mol. The molecule has 2 heterocycles. The average molecular weight is 431 g/mol. The number of benzene rings is 2. The van der Waals surface area contributed by atoms with E-state index in [0.29, 0.717) is 5.69 Å². The minimum atomic E-state index is -0.205. The maximum atomic E-state index is 12.2. The summed E-state index contributed by atoms with van der Waals surface area (Å²) in [6.45, 7) is 3.96. The number of amides is 1. The summed E-state index contributed by atoms with van der Waals surface area (Å²) in [6, 6.07) is 17.1. The lowest BCUT2D eigenvalue weighted by atomic mass is 10.1. The number of thiazole rings is 1. The minimum absolute atomic E-state index is 0.0405. The van der Waals surface area contributed by atoms with Crippen LogP contribution in [0.4, 0.5) is 16.5 Å². The summed E-state index contributed by atoms with van der Waals surface area (Å²) in [6.07, 6.45) is 3.50. The summed E-state index contributed by atoms with van der Waals surface area (Å²) >= 11 is 1.53. The number of rotatable bonds is 7. The molecule has 156 valence electrons. The topological polar surface area (TPSA) is 76.1 Å². The number of aryl methyl sites for hydroxylation is 1. The van der Waals surface area contributed by atoms with E-state index in [0.717, 1.165) is 39.0 Å². The predicted octanol–water partition coefficient (Wildman–Crippen LogP) is 5.58. The average Bonchev–Trinajstić information content (AvgIpc) is 3.25. The number of pyridine rings is 1. The Morgan fingerprint density at radius 3 is 2.52 bits per heavy atom. The normalized spacial score (nSPS) is 10.5. The minimum Gasteiger partial charge on any atom is -0.483 e. The van der Waals surface area contributed by atoms with E-state index in [9.17, 15) is 4.79 Å². The molecule has 0 saturated carbocycles. The van der Waals surface area contributed by atoms with Crippen LogP contribution < -0.4 is 15.4 Å². The van der Waals surface area contributed by atoms with Crippen LogP contribution in [0, 0.1) is 13.8 Å². The fourth-order valence-corrected chi connectivity index (χ4v) is 3.71. The van der Waals surface area contributed by atoms with Gasteiger partial charge < -0.3 is 15.4 Å². The van der Waals surface area contributed by atoms with E-state index in [1.165, 1.54) is 11.3 Å². The Labute approximate surface area is 185 Å². The number of anilines is 3. The van der Waals surface area contributed by atoms with Crippen LogP contribution in [0.25, 0.3) is 11.3 Å². The van der Waals surface area contributed by atoms with Crippen molar-refractivity contribution in [1.29, 1.82) is 0 Å². The van der Waals surface area contributed by atoms with E-state index < -0.39 is 0 Å². The second-order valence-electron chi connectivity index (χ2n) is 7.01. The van der Waals surface area contributed by atoms with Gasteiger partial charge in [0.25, 0.3) is 5.91 Å². The van der Waals surface area contributed by atoms with Gasteiger partial charge in [0, 0.05) is 34.7 Å². The molecule has 0 spiro atoms. The van der Waals surface area contributed by atoms with Gasteiger partial charge in [0.05, 0.1) is 5.69 Å². The first kappa shape index (κ1) is 20.6. The zero-order chi connectivity index (χ0) is 21.6. The van der Waals surface area contributed by atoms with Crippen LogP contribution in [-0.4, -0.2) is 22.5 Å². The maximum absolute atomic E-state index is 12.2. The van der Waals surface area contributed by atoms with Crippen molar-refractivity contribution in [1.82, 2.24) is 9.97 Å². The first-order valence-electron chi connectivity index (χ1n) is 9.80. The number of carbonyl (C=O) groups excluding carboxylic acids is 1. The summed E-state index contributed by atoms with van der Waals surface area (Å²) in [5.41, 5.74) is 5.70. The first-order chi connectivity index (χ1) is 15.1. The molecule has 1 amide bonds. The zero-order valence-corrected chi connectivity index (χ0v) is 18.1. The first-order valence-corrected chi connectivity index (χ1v) is 10.7. The third-order valence-electron chi connectivity index (χ3n) is 4.81. The Morgan fingerprint density at radius 1 is 1.00 bits per heavy atom. The second kappa shape index (κ2) is 9.40. The lowest BCUT2D eigenvalue weighted by molar-refractivity contribution is -0.118. The van der Waals surface area contributed by atoms with Crippen LogP contribution >= 0.6 is 11.3 Å². The second-order valence-corrected chi connectivity index (χ2v) is 7.87. The van der Waals surface area contributed by atoms with Gasteiger partial charge >= 0.3 is 0 Å². The van der Waals surface area contributed by atoms with Crippen molar-refractivity contribution in [2.75, 3.05) is 17.2 Å². The van der Waals surface area contributed by atoms with E-state index >= 15 is 0 Å². The molecule has 7 heteroatoms. The molecule has 6 nitrogen and oxygen atoms in total. The molecule has 31 heavy (non-hydrogen) atoms. The summed E-state index contributed by atoms with van der Waals surface area (Å²) in [7, 11) is 0. The van der Waals surface area contributed by atoms with Gasteiger partial charge in [-0.05, 0) is 67.4 Å². The lowest BCUT2D eigenvalue weighted by Gasteiger charge is -2.11. The van der Waals surface area contributed by atoms with Crippen molar-refractivity contribution < 1.29 is 9.53 Å². The van der Waals surface area contributed by atoms with Gasteiger partial charge in [0.2, 0.25) is 0 Å². The molecule has 2 aromatic carbocycles. The summed E-state index contributed by atoms with van der Waals surface area (Å²) in [5.74, 6) is 0.521. The fourth-order valence-electron chi connectivity index (χ4n) is 2.97. The van der Waals surface area contributed by atoms with E-state index in [1.54, 1.807) is 12.4 Å². The van der Waals surface area contributed by atoms with Gasteiger partial charge in [-0.15, -0.1) is 11.3 Å². The Balaban J connectivity index is 1.31. The standard InChI is InChI=1S/C24H22N4O2S/c1-16-4-3-5-22(17(16)2)30-14-23(29)26-19-6-8-20(9-7-19)27-24-28-21(15-31-24)18-10-12-25-13-11-18/h3-13,15H,14H2,1-2H3,(H,26,29)(H,27,28). The van der Waals surface area contributed by atoms with Crippen molar-refractivity contribution >= 4 is 33.8 Å². The molecular formula is C24H22N4O2S. The third-order valence-corrected chi connectivity index (χ3v) is 5.57. The number of hydrogen-bond donors (Lipinski definition) is 2. The molecule has 2 aromatic heterocycles. The van der Waals surface area contributed by atoms with Crippen LogP contribution in [-0.2, 0) is 4.79 Å². The molecule has 0 radical (unpaired) electrons. The highest BCUT2D eigenvalue weighted by Gasteiger charge is 2.08. The van der Waals surface area contributed by atoms with Gasteiger partial charge in [0.15, 0.2) is 11.7 Å². The SMILES string of the molecule is Cc1cccc(OCC(=O)Nc2ccc(Nc3nc(-c4ccncc4)cs3)cc2)c1C. The van der Waals surface area contributed by atoms with Gasteiger partial charge in [-0.3, -0.25) is 9.78 Å². The largest absolute Gasteiger partial charge is 0.483 e. The Hall–Kier alpha value is -3.71. The monoisotopic (exact) mass is 430 g/mol. The molecular weight excluding hydrogens is 408 g/mol. The smallest absolute Gasteiger partial charge is 0.262 e. The number of nitrogens with one attached hydrogen (secondary N) is 2. The van der Waals surface area contributed by atoms with Crippen molar-refractivity contribution in [2.45, 2.75) is 13.8 Å². The summed E-state index contributed by atoms with van der Waals surface area (Å²) in [4.78, 5) is 20.9. The quantitative estimate of drug-likeness (QED) is 0.400. The summed E-state index contributed by atoms with van der Waals surface area (Å²) < 4.78 is 5.66. The number of nitrogens with zero attached hydrogens (tertiary/aromatic N) is 2. The van der Waals surface area contributed by atoms with E-state index in [1.807, 2.05) is 73.8 Å². The highest BCUT2D eigenvalue weighted by Crippen LogP contribution is 2.27. The molecule has 0 aliphatic rings. The van der Waals surface area contributed by atoms with Crippen molar-refractivity contribution in [3.63, 3.8) is 0 Å². The summed E-state index contributed by atoms with van der Waals surface area (Å²) in [5, 5.41) is 8.94. The van der Waals surface area contributed by atoms with E-state index in [4.69, 9.17) is 4.74 Å². The van der Waals surface area contributed by atoms with Crippen LogP contribution in [0.1, 0.15) is 11.1 Å². The van der Waals surface area contributed by atoms with Gasteiger partial charge in [0.1, 0.15) is 5.75 Å². The molecule has 0 aliphatic heterocycles. The van der Waals surface area contributed by atoms with Gasteiger partial charge in [-0.2, -0.15) is 0 Å². The zero-order valence-electron chi connectivity index (χ0n) is 17.3. The van der Waals surface area contributed by atoms with Crippen LogP contribution in [0.3, 0.4) is 0 Å². The lowest BCUT2D eigenvalue weighted by Crippen LogP contribution is -2.20. The van der Waals surface area contributed by atoms with Crippen LogP contribution in [0.15, 0.2) is 72.4 Å². The Bertz CT molecular complexity index is 1170. The number of carbonyl (C=O) groups is 1. The highest BCUT2D eigenvalue weighted by molar-refractivity contribution is 7.14. The molecule has 0 fully saturated rings. The molecule has 4 aromatic rings. The molecule has 0 aliphatic carbocycles. The number of ether oxygens (including phenoxy) is 1. The molecule has 0 bridgehead atoms. The van der Waals surface area contributed by atoms with Crippen molar-refractivity contribution in [2.24, 2.45) is 0 Å². The van der Waals surface area contributed by atoms with Crippen LogP contribution in [0.5, 0.6) is 5.75 Å². The molecule has 4 rings (SSSR count). The van der Waals surface area contributed by atoms with E-state index in [-0.39, 0.29) is 12.5 Å². The Kier molecular flexibility index (Phi) is 6.24. The Morgan fingerprint density at radius 2 is 1.74 bits per heavy atom. The molecule has 2 N–H and O–H groups in total. The highest BCUT2D eigenvalue weighted by atomic mass is 32.1. The van der Waals surface area contributed by atoms with Gasteiger partial charge in [-0.1, -0.05) is 12.1 Å². The third kappa shape index (κ3) is 5.26. The number of hydrogen-bond acceptors (Lipinski definition) is 6. The van der Waals surface area contributed by atoms with Gasteiger partial charge in [-0.25, -0.2) is 4.98 Å². The van der Waals surface area contributed by atoms with E-state index in [2.05, 4.69) is 20.6 Å². The molecule has 0 unspecified atom stereocenters. The molecule has 0 atom stereocenters. The molecule has 0 saturated heterocycles. The maximum Gasteiger partial charge on any atom is 0.262 e. The van der Waals surface area contributed by atoms with Crippen molar-refractivity contribution in [3.05, 3.63) is 83.5 Å². The van der Waals surface area contributed by atoms with Crippen molar-refractivity contribution in [3.8, 4) is 17.0 Å². The van der Waals surface area contributed by atoms with Crippen LogP contribution in [0.2, 0.25) is 0 Å². The fraction of sp³-hybridized carbons (Fsp3) is 0.125. The number of aromatic nitrogens is 2.